The number of ether oxygens (including phenoxy) is 1. The molecule has 0 bridgehead atoms. The van der Waals surface area contributed by atoms with E-state index in [2.05, 4.69) is 20.2 Å². The second-order valence-corrected chi connectivity index (χ2v) is 6.85. The van der Waals surface area contributed by atoms with Crippen LogP contribution >= 0.6 is 0 Å². The van der Waals surface area contributed by atoms with E-state index in [4.69, 9.17) is 4.74 Å². The van der Waals surface area contributed by atoms with E-state index in [1.54, 1.807) is 29.2 Å². The first-order valence-corrected chi connectivity index (χ1v) is 9.56. The van der Waals surface area contributed by atoms with Gasteiger partial charge in [0.05, 0.1) is 35.8 Å². The number of halogens is 3. The van der Waals surface area contributed by atoms with Crippen LogP contribution in [0.4, 0.5) is 13.2 Å². The van der Waals surface area contributed by atoms with Crippen LogP contribution in [0.2, 0.25) is 0 Å². The minimum Gasteiger partial charge on any atom is -0.463 e. The number of amides is 1. The zero-order valence-electron chi connectivity index (χ0n) is 17.0. The van der Waals surface area contributed by atoms with E-state index in [-0.39, 0.29) is 24.4 Å². The van der Waals surface area contributed by atoms with Gasteiger partial charge < -0.3 is 9.64 Å². The normalized spacial score (nSPS) is 12.4. The maximum absolute atomic E-state index is 13.1. The van der Waals surface area contributed by atoms with Gasteiger partial charge in [0.2, 0.25) is 0 Å². The molecule has 0 spiro atoms. The third kappa shape index (κ3) is 5.56. The lowest BCUT2D eigenvalue weighted by Crippen LogP contribution is -2.36. The molecule has 1 atom stereocenters. The predicted molar refractivity (Wildman–Crippen MR) is 105 cm³/mol. The summed E-state index contributed by atoms with van der Waals surface area (Å²) in [6, 6.07) is 6.88. The van der Waals surface area contributed by atoms with Crippen molar-refractivity contribution in [3.63, 3.8) is 0 Å². The number of hydrogen-bond acceptors (Lipinski definition) is 6. The second kappa shape index (κ2) is 9.54. The molecule has 0 aliphatic rings. The number of benzene rings is 1. The molecular weight excluding hydrogens is 413 g/mol. The van der Waals surface area contributed by atoms with Crippen LogP contribution in [0, 0.1) is 5.92 Å². The van der Waals surface area contributed by atoms with Crippen LogP contribution in [0.15, 0.2) is 49.1 Å². The average molecular weight is 434 g/mol. The van der Waals surface area contributed by atoms with Crippen LogP contribution in [0.3, 0.4) is 0 Å². The molecule has 0 aliphatic heterocycles. The Labute approximate surface area is 176 Å². The lowest BCUT2D eigenvalue weighted by molar-refractivity contribution is -0.138. The molecule has 2 heterocycles. The third-order valence-electron chi connectivity index (χ3n) is 4.42. The molecule has 2 aromatic heterocycles. The van der Waals surface area contributed by atoms with Gasteiger partial charge in [0, 0.05) is 31.4 Å². The van der Waals surface area contributed by atoms with Gasteiger partial charge in [-0.2, -0.15) is 28.2 Å². The summed E-state index contributed by atoms with van der Waals surface area (Å²) in [6.45, 7) is 4.69. The van der Waals surface area contributed by atoms with Gasteiger partial charge in [0.1, 0.15) is 0 Å². The summed E-state index contributed by atoms with van der Waals surface area (Å²) in [5, 5.41) is 8.18. The number of hydrogen-bond donors (Lipinski definition) is 0. The van der Waals surface area contributed by atoms with Crippen LogP contribution < -0.4 is 4.74 Å². The molecule has 3 aromatic rings. The molecule has 1 aromatic carbocycles. The van der Waals surface area contributed by atoms with Crippen LogP contribution in [-0.2, 0) is 6.18 Å². The Bertz CT molecular complexity index is 993. The summed E-state index contributed by atoms with van der Waals surface area (Å²) in [6.07, 6.45) is -0.0941. The van der Waals surface area contributed by atoms with Gasteiger partial charge in [-0.3, -0.25) is 4.79 Å². The van der Waals surface area contributed by atoms with Crippen LogP contribution in [0.1, 0.15) is 29.8 Å². The highest BCUT2D eigenvalue weighted by atomic mass is 19.4. The zero-order chi connectivity index (χ0) is 22.4. The highest BCUT2D eigenvalue weighted by Gasteiger charge is 2.31. The van der Waals surface area contributed by atoms with Gasteiger partial charge in [-0.1, -0.05) is 19.1 Å². The maximum atomic E-state index is 13.1. The van der Waals surface area contributed by atoms with Crippen LogP contribution in [0.25, 0.3) is 5.69 Å². The SMILES string of the molecule is CCN(C[C@@H](C)COc1ncc(C(F)(F)F)cn1)C(=O)c1ccccc1-n1nccn1. The van der Waals surface area contributed by atoms with Crippen LogP contribution in [0.5, 0.6) is 6.01 Å². The predicted octanol–water partition coefficient (Wildman–Crippen LogP) is 3.25. The molecule has 8 nitrogen and oxygen atoms in total. The maximum Gasteiger partial charge on any atom is 0.419 e. The van der Waals surface area contributed by atoms with Crippen molar-refractivity contribution in [2.45, 2.75) is 20.0 Å². The van der Waals surface area contributed by atoms with Crippen molar-refractivity contribution in [3.05, 3.63) is 60.2 Å². The van der Waals surface area contributed by atoms with E-state index in [9.17, 15) is 18.0 Å². The fourth-order valence-corrected chi connectivity index (χ4v) is 2.88. The van der Waals surface area contributed by atoms with Crippen molar-refractivity contribution in [2.24, 2.45) is 5.92 Å². The molecule has 164 valence electrons. The molecule has 0 fully saturated rings. The Morgan fingerprint density at radius 2 is 1.81 bits per heavy atom. The first-order valence-electron chi connectivity index (χ1n) is 9.56. The molecule has 0 saturated carbocycles. The smallest absolute Gasteiger partial charge is 0.419 e. The molecule has 1 amide bonds. The summed E-state index contributed by atoms with van der Waals surface area (Å²) < 4.78 is 43.1. The molecular formula is C20H21F3N6O2. The van der Waals surface area contributed by atoms with Gasteiger partial charge in [0.25, 0.3) is 5.91 Å². The third-order valence-corrected chi connectivity index (χ3v) is 4.42. The Kier molecular flexibility index (Phi) is 6.83. The number of alkyl halides is 3. The number of rotatable bonds is 8. The molecule has 31 heavy (non-hydrogen) atoms. The van der Waals surface area contributed by atoms with Gasteiger partial charge in [-0.25, -0.2) is 9.97 Å². The van der Waals surface area contributed by atoms with Gasteiger partial charge in [0.15, 0.2) is 0 Å². The van der Waals surface area contributed by atoms with E-state index in [0.29, 0.717) is 36.7 Å². The lowest BCUT2D eigenvalue weighted by atomic mass is 10.1. The fraction of sp³-hybridized carbons (Fsp3) is 0.350. The highest BCUT2D eigenvalue weighted by molar-refractivity contribution is 5.97. The quantitative estimate of drug-likeness (QED) is 0.541. The molecule has 0 saturated heterocycles. The molecule has 0 aliphatic carbocycles. The van der Waals surface area contributed by atoms with Gasteiger partial charge >= 0.3 is 12.2 Å². The first kappa shape index (κ1) is 22.2. The van der Waals surface area contributed by atoms with Gasteiger partial charge in [-0.15, -0.1) is 0 Å². The molecule has 3 rings (SSSR count). The molecule has 0 radical (unpaired) electrons. The van der Waals surface area contributed by atoms with Crippen molar-refractivity contribution < 1.29 is 22.7 Å². The van der Waals surface area contributed by atoms with Crippen molar-refractivity contribution in [1.29, 1.82) is 0 Å². The number of nitrogens with zero attached hydrogens (tertiary/aromatic N) is 6. The van der Waals surface area contributed by atoms with E-state index in [1.165, 1.54) is 17.2 Å². The number of para-hydroxylation sites is 1. The van der Waals surface area contributed by atoms with Crippen molar-refractivity contribution in [1.82, 2.24) is 29.9 Å². The number of carbonyl (C=O) groups excluding carboxylic acids is 1. The topological polar surface area (TPSA) is 86.0 Å². The Morgan fingerprint density at radius 1 is 1.16 bits per heavy atom. The molecule has 0 N–H and O–H groups in total. The average Bonchev–Trinajstić information content (AvgIpc) is 3.30. The fourth-order valence-electron chi connectivity index (χ4n) is 2.88. The highest BCUT2D eigenvalue weighted by Crippen LogP contribution is 2.28. The lowest BCUT2D eigenvalue weighted by Gasteiger charge is -2.25. The van der Waals surface area contributed by atoms with E-state index >= 15 is 0 Å². The molecule has 0 unspecified atom stereocenters. The van der Waals surface area contributed by atoms with Crippen LogP contribution in [-0.4, -0.2) is 55.5 Å². The Hall–Kier alpha value is -3.50. The van der Waals surface area contributed by atoms with Crippen molar-refractivity contribution in [2.75, 3.05) is 19.7 Å². The first-order chi connectivity index (χ1) is 14.8. The number of aromatic nitrogens is 5. The summed E-state index contributed by atoms with van der Waals surface area (Å²) in [5.74, 6) is -0.308. The molecule has 11 heteroatoms. The van der Waals surface area contributed by atoms with Gasteiger partial charge in [-0.05, 0) is 19.1 Å². The summed E-state index contributed by atoms with van der Waals surface area (Å²) >= 11 is 0. The second-order valence-electron chi connectivity index (χ2n) is 6.85. The minimum atomic E-state index is -4.50. The Balaban J connectivity index is 1.63. The van der Waals surface area contributed by atoms with E-state index in [1.807, 2.05) is 13.8 Å². The summed E-state index contributed by atoms with van der Waals surface area (Å²) in [5.41, 5.74) is 0.0822. The Morgan fingerprint density at radius 3 is 2.42 bits per heavy atom. The standard InChI is InChI=1S/C20H21F3N6O2/c1-3-28(18(30)16-6-4-5-7-17(16)29-26-8-9-27-29)12-14(2)13-31-19-24-10-15(11-25-19)20(21,22)23/h4-11,14H,3,12-13H2,1-2H3/t14-/m1/s1. The van der Waals surface area contributed by atoms with Crippen molar-refractivity contribution in [3.8, 4) is 11.7 Å². The van der Waals surface area contributed by atoms with E-state index in [0.717, 1.165) is 0 Å². The summed E-state index contributed by atoms with van der Waals surface area (Å²) in [7, 11) is 0. The minimum absolute atomic E-state index is 0.121. The van der Waals surface area contributed by atoms with Crippen molar-refractivity contribution >= 4 is 5.91 Å². The number of carbonyl (C=O) groups is 1. The van der Waals surface area contributed by atoms with E-state index < -0.39 is 11.7 Å². The largest absolute Gasteiger partial charge is 0.463 e. The zero-order valence-corrected chi connectivity index (χ0v) is 17.0. The monoisotopic (exact) mass is 434 g/mol. The summed E-state index contributed by atoms with van der Waals surface area (Å²) in [4.78, 5) is 23.3.